The number of aromatic nitrogens is 2. The molecule has 0 aliphatic heterocycles. The van der Waals surface area contributed by atoms with E-state index >= 15 is 0 Å². The normalized spacial score (nSPS) is 10.3. The van der Waals surface area contributed by atoms with Gasteiger partial charge in [0, 0.05) is 5.69 Å². The van der Waals surface area contributed by atoms with Crippen LogP contribution in [-0.2, 0) is 6.42 Å². The number of nitrogens with zero attached hydrogens (tertiary/aromatic N) is 2. The van der Waals surface area contributed by atoms with E-state index in [1.807, 2.05) is 24.3 Å². The minimum Gasteiger partial charge on any atom is -0.320 e. The molecule has 0 spiro atoms. The van der Waals surface area contributed by atoms with E-state index in [9.17, 15) is 4.79 Å². The van der Waals surface area contributed by atoms with Crippen molar-refractivity contribution in [2.45, 2.75) is 19.8 Å². The standard InChI is InChI=1S/C12H12ClN3OS/c1-2-3-8-4-6-9(7-5-8)14-10(17)11-15-16-12(13)18-11/h4-7H,2-3H2,1H3,(H,14,17). The van der Waals surface area contributed by atoms with Crippen molar-refractivity contribution < 1.29 is 4.79 Å². The molecular weight excluding hydrogens is 270 g/mol. The summed E-state index contributed by atoms with van der Waals surface area (Å²) in [5.41, 5.74) is 2.00. The van der Waals surface area contributed by atoms with Gasteiger partial charge in [-0.1, -0.05) is 36.8 Å². The summed E-state index contributed by atoms with van der Waals surface area (Å²) in [6.07, 6.45) is 2.15. The molecule has 1 aromatic carbocycles. The van der Waals surface area contributed by atoms with Gasteiger partial charge in [-0.25, -0.2) is 0 Å². The number of nitrogens with one attached hydrogen (secondary N) is 1. The first-order valence-corrected chi connectivity index (χ1v) is 6.78. The first-order valence-electron chi connectivity index (χ1n) is 5.58. The van der Waals surface area contributed by atoms with E-state index in [1.54, 1.807) is 0 Å². The van der Waals surface area contributed by atoms with Gasteiger partial charge in [0.15, 0.2) is 0 Å². The maximum Gasteiger partial charge on any atom is 0.286 e. The number of halogens is 1. The summed E-state index contributed by atoms with van der Waals surface area (Å²) in [4.78, 5) is 11.8. The number of amides is 1. The maximum atomic E-state index is 11.8. The molecule has 1 N–H and O–H groups in total. The Balaban J connectivity index is 2.03. The minimum absolute atomic E-state index is 0.262. The SMILES string of the molecule is CCCc1ccc(NC(=O)c2nnc(Cl)s2)cc1. The summed E-state index contributed by atoms with van der Waals surface area (Å²) < 4.78 is 0.262. The maximum absolute atomic E-state index is 11.8. The smallest absolute Gasteiger partial charge is 0.286 e. The van der Waals surface area contributed by atoms with Crippen LogP contribution in [0.25, 0.3) is 0 Å². The van der Waals surface area contributed by atoms with E-state index in [4.69, 9.17) is 11.6 Å². The summed E-state index contributed by atoms with van der Waals surface area (Å²) in [6.45, 7) is 2.13. The summed E-state index contributed by atoms with van der Waals surface area (Å²) >= 11 is 6.69. The Bertz CT molecular complexity index is 539. The quantitative estimate of drug-likeness (QED) is 0.934. The number of aryl methyl sites for hydroxylation is 1. The molecule has 2 aromatic rings. The van der Waals surface area contributed by atoms with Gasteiger partial charge in [-0.15, -0.1) is 10.2 Å². The van der Waals surface area contributed by atoms with Crippen molar-refractivity contribution in [3.63, 3.8) is 0 Å². The van der Waals surface area contributed by atoms with Crippen LogP contribution >= 0.6 is 22.9 Å². The van der Waals surface area contributed by atoms with E-state index in [1.165, 1.54) is 5.56 Å². The zero-order valence-corrected chi connectivity index (χ0v) is 11.4. The minimum atomic E-state index is -0.289. The van der Waals surface area contributed by atoms with E-state index < -0.39 is 0 Å². The van der Waals surface area contributed by atoms with Crippen LogP contribution in [0.3, 0.4) is 0 Å². The number of carbonyl (C=O) groups excluding carboxylic acids is 1. The molecule has 18 heavy (non-hydrogen) atoms. The second kappa shape index (κ2) is 5.93. The Morgan fingerprint density at radius 2 is 2.06 bits per heavy atom. The van der Waals surface area contributed by atoms with Gasteiger partial charge in [0.1, 0.15) is 0 Å². The summed E-state index contributed by atoms with van der Waals surface area (Å²) in [7, 11) is 0. The third kappa shape index (κ3) is 3.27. The molecule has 1 heterocycles. The van der Waals surface area contributed by atoms with Crippen molar-refractivity contribution in [2.24, 2.45) is 0 Å². The molecule has 0 atom stereocenters. The van der Waals surface area contributed by atoms with Crippen molar-refractivity contribution in [3.8, 4) is 0 Å². The van der Waals surface area contributed by atoms with E-state index in [0.717, 1.165) is 29.9 Å². The van der Waals surface area contributed by atoms with Crippen LogP contribution in [0.1, 0.15) is 28.7 Å². The molecule has 0 radical (unpaired) electrons. The van der Waals surface area contributed by atoms with Gasteiger partial charge >= 0.3 is 0 Å². The van der Waals surface area contributed by atoms with Crippen molar-refractivity contribution in [1.29, 1.82) is 0 Å². The largest absolute Gasteiger partial charge is 0.320 e. The van der Waals surface area contributed by atoms with Crippen molar-refractivity contribution in [3.05, 3.63) is 39.3 Å². The monoisotopic (exact) mass is 281 g/mol. The number of hydrogen-bond acceptors (Lipinski definition) is 4. The lowest BCUT2D eigenvalue weighted by Crippen LogP contribution is -2.11. The third-order valence-electron chi connectivity index (χ3n) is 2.35. The van der Waals surface area contributed by atoms with Crippen LogP contribution in [-0.4, -0.2) is 16.1 Å². The Hall–Kier alpha value is -1.46. The van der Waals surface area contributed by atoms with Crippen LogP contribution in [0.5, 0.6) is 0 Å². The fourth-order valence-corrected chi connectivity index (χ4v) is 2.25. The molecule has 0 saturated carbocycles. The topological polar surface area (TPSA) is 54.9 Å². The molecular formula is C12H12ClN3OS. The molecule has 0 aliphatic carbocycles. The zero-order valence-electron chi connectivity index (χ0n) is 9.81. The van der Waals surface area contributed by atoms with Gasteiger partial charge in [-0.3, -0.25) is 4.79 Å². The molecule has 0 unspecified atom stereocenters. The zero-order chi connectivity index (χ0) is 13.0. The Morgan fingerprint density at radius 3 is 2.61 bits per heavy atom. The van der Waals surface area contributed by atoms with Crippen LogP contribution in [0.15, 0.2) is 24.3 Å². The number of carbonyl (C=O) groups is 1. The Morgan fingerprint density at radius 1 is 1.33 bits per heavy atom. The first-order chi connectivity index (χ1) is 8.69. The Kier molecular flexibility index (Phi) is 4.28. The average molecular weight is 282 g/mol. The van der Waals surface area contributed by atoms with Crippen molar-refractivity contribution in [2.75, 3.05) is 5.32 Å². The fourth-order valence-electron chi connectivity index (χ4n) is 1.53. The van der Waals surface area contributed by atoms with Crippen LogP contribution in [0, 0.1) is 0 Å². The molecule has 1 amide bonds. The molecule has 0 saturated heterocycles. The summed E-state index contributed by atoms with van der Waals surface area (Å²) in [6, 6.07) is 7.77. The van der Waals surface area contributed by atoms with E-state index in [-0.39, 0.29) is 15.4 Å². The van der Waals surface area contributed by atoms with Gasteiger partial charge in [0.2, 0.25) is 9.47 Å². The molecule has 4 nitrogen and oxygen atoms in total. The average Bonchev–Trinajstić information content (AvgIpc) is 2.79. The van der Waals surface area contributed by atoms with Crippen LogP contribution in [0.4, 0.5) is 5.69 Å². The van der Waals surface area contributed by atoms with Gasteiger partial charge in [-0.2, -0.15) is 0 Å². The second-order valence-electron chi connectivity index (χ2n) is 3.76. The molecule has 6 heteroatoms. The van der Waals surface area contributed by atoms with E-state index in [2.05, 4.69) is 22.4 Å². The highest BCUT2D eigenvalue weighted by molar-refractivity contribution is 7.17. The molecule has 2 rings (SSSR count). The lowest BCUT2D eigenvalue weighted by molar-refractivity contribution is 0.102. The number of benzene rings is 1. The molecule has 0 bridgehead atoms. The summed E-state index contributed by atoms with van der Waals surface area (Å²) in [5, 5.41) is 10.3. The predicted molar refractivity (Wildman–Crippen MR) is 73.3 cm³/mol. The third-order valence-corrected chi connectivity index (χ3v) is 3.36. The van der Waals surface area contributed by atoms with Crippen molar-refractivity contribution in [1.82, 2.24) is 10.2 Å². The highest BCUT2D eigenvalue weighted by Crippen LogP contribution is 2.17. The highest BCUT2D eigenvalue weighted by atomic mass is 35.5. The molecule has 0 fully saturated rings. The first kappa shape index (κ1) is 13.0. The van der Waals surface area contributed by atoms with Crippen molar-refractivity contribution >= 4 is 34.5 Å². The van der Waals surface area contributed by atoms with Gasteiger partial charge in [0.25, 0.3) is 5.91 Å². The van der Waals surface area contributed by atoms with E-state index in [0.29, 0.717) is 0 Å². The second-order valence-corrected chi connectivity index (χ2v) is 5.32. The molecule has 0 aliphatic rings. The Labute approximate surface area is 114 Å². The van der Waals surface area contributed by atoms with Gasteiger partial charge in [-0.05, 0) is 35.7 Å². The molecule has 1 aromatic heterocycles. The number of hydrogen-bond donors (Lipinski definition) is 1. The number of anilines is 1. The van der Waals surface area contributed by atoms with Crippen LogP contribution < -0.4 is 5.32 Å². The molecule has 94 valence electrons. The summed E-state index contributed by atoms with van der Waals surface area (Å²) in [5.74, 6) is -0.289. The lowest BCUT2D eigenvalue weighted by atomic mass is 10.1. The lowest BCUT2D eigenvalue weighted by Gasteiger charge is -2.04. The number of rotatable bonds is 4. The van der Waals surface area contributed by atoms with Crippen LogP contribution in [0.2, 0.25) is 4.47 Å². The fraction of sp³-hybridized carbons (Fsp3) is 0.250. The highest BCUT2D eigenvalue weighted by Gasteiger charge is 2.11. The van der Waals surface area contributed by atoms with Gasteiger partial charge in [0.05, 0.1) is 0 Å². The predicted octanol–water partition coefficient (Wildman–Crippen LogP) is 3.40. The van der Waals surface area contributed by atoms with Gasteiger partial charge < -0.3 is 5.32 Å².